The third-order valence-electron chi connectivity index (χ3n) is 5.87. The van der Waals surface area contributed by atoms with Crippen molar-refractivity contribution in [3.05, 3.63) is 77.5 Å². The Labute approximate surface area is 194 Å². The van der Waals surface area contributed by atoms with Gasteiger partial charge in [0.25, 0.3) is 0 Å². The van der Waals surface area contributed by atoms with E-state index < -0.39 is 11.6 Å². The third-order valence-corrected chi connectivity index (χ3v) is 5.87. The number of aryl methyl sites for hydroxylation is 1. The fourth-order valence-electron chi connectivity index (χ4n) is 4.26. The topological polar surface area (TPSA) is 94.6 Å². The number of methoxy groups -OCH3 is 1. The second-order valence-electron chi connectivity index (χ2n) is 8.12. The Morgan fingerprint density at radius 1 is 1.00 bits per heavy atom. The largest absolute Gasteiger partial charge is 0.493 e. The smallest absolute Gasteiger partial charge is 0.166 e. The highest BCUT2D eigenvalue weighted by molar-refractivity contribution is 5.97. The molecule has 0 saturated carbocycles. The van der Waals surface area contributed by atoms with E-state index in [-0.39, 0.29) is 6.54 Å². The van der Waals surface area contributed by atoms with E-state index in [0.29, 0.717) is 17.1 Å². The average molecular weight is 460 g/mol. The van der Waals surface area contributed by atoms with E-state index in [2.05, 4.69) is 20.1 Å². The molecule has 5 aromatic rings. The number of H-pyrrole nitrogens is 1. The van der Waals surface area contributed by atoms with Gasteiger partial charge in [0.2, 0.25) is 0 Å². The monoisotopic (exact) mass is 460 g/mol. The standard InChI is InChI=1S/C25H22F2N6O/c1-13-23(14(2)33(32-13)12-15-4-18(26)8-19(27)5-15)21-11-31-25-20(21)6-16(10-30-25)17-7-22(34-3)24(28)29-9-17/h4-11H,12H2,1-3H3,(H2,28,29)(H,30,31). The van der Waals surface area contributed by atoms with Crippen LogP contribution in [0.4, 0.5) is 14.6 Å². The number of hydrogen-bond acceptors (Lipinski definition) is 5. The molecule has 0 aliphatic heterocycles. The van der Waals surface area contributed by atoms with Crippen LogP contribution in [-0.4, -0.2) is 31.8 Å². The molecule has 0 saturated heterocycles. The Morgan fingerprint density at radius 2 is 1.71 bits per heavy atom. The van der Waals surface area contributed by atoms with Crippen molar-refractivity contribution in [2.24, 2.45) is 0 Å². The second kappa shape index (κ2) is 8.26. The lowest BCUT2D eigenvalue weighted by molar-refractivity contribution is 0.415. The van der Waals surface area contributed by atoms with Crippen LogP contribution in [0, 0.1) is 25.5 Å². The minimum atomic E-state index is -0.610. The maximum Gasteiger partial charge on any atom is 0.166 e. The van der Waals surface area contributed by atoms with Crippen molar-refractivity contribution in [2.75, 3.05) is 12.8 Å². The zero-order chi connectivity index (χ0) is 24.0. The van der Waals surface area contributed by atoms with Crippen LogP contribution in [-0.2, 0) is 6.54 Å². The lowest BCUT2D eigenvalue weighted by atomic mass is 10.0. The summed E-state index contributed by atoms with van der Waals surface area (Å²) in [6.45, 7) is 4.11. The van der Waals surface area contributed by atoms with Gasteiger partial charge in [-0.3, -0.25) is 4.68 Å². The number of ether oxygens (including phenoxy) is 1. The number of aromatic nitrogens is 5. The van der Waals surface area contributed by atoms with Crippen molar-refractivity contribution in [1.29, 1.82) is 0 Å². The highest BCUT2D eigenvalue weighted by Gasteiger charge is 2.18. The SMILES string of the molecule is COc1cc(-c2cnc3[nH]cc(-c4c(C)nn(Cc5cc(F)cc(F)c5)c4C)c3c2)cnc1N. The zero-order valence-electron chi connectivity index (χ0n) is 18.9. The lowest BCUT2D eigenvalue weighted by Crippen LogP contribution is -2.05. The molecule has 172 valence electrons. The highest BCUT2D eigenvalue weighted by atomic mass is 19.1. The number of fused-ring (bicyclic) bond motifs is 1. The summed E-state index contributed by atoms with van der Waals surface area (Å²) < 4.78 is 34.4. The minimum Gasteiger partial charge on any atom is -0.493 e. The Hall–Kier alpha value is -4.27. The molecule has 1 aromatic carbocycles. The molecule has 0 amide bonds. The van der Waals surface area contributed by atoms with Crippen molar-refractivity contribution in [3.8, 4) is 28.0 Å². The molecule has 3 N–H and O–H groups in total. The summed E-state index contributed by atoms with van der Waals surface area (Å²) in [5, 5.41) is 5.55. The summed E-state index contributed by atoms with van der Waals surface area (Å²) in [4.78, 5) is 12.0. The molecule has 0 aliphatic carbocycles. The van der Waals surface area contributed by atoms with Crippen molar-refractivity contribution < 1.29 is 13.5 Å². The Kier molecular flexibility index (Phi) is 5.24. The van der Waals surface area contributed by atoms with E-state index in [1.165, 1.54) is 12.1 Å². The second-order valence-corrected chi connectivity index (χ2v) is 8.12. The van der Waals surface area contributed by atoms with Crippen molar-refractivity contribution in [2.45, 2.75) is 20.4 Å². The molecule has 0 radical (unpaired) electrons. The molecule has 34 heavy (non-hydrogen) atoms. The molecular weight excluding hydrogens is 438 g/mol. The number of anilines is 1. The molecule has 0 atom stereocenters. The van der Waals surface area contributed by atoms with Gasteiger partial charge in [0.15, 0.2) is 11.6 Å². The first-order chi connectivity index (χ1) is 16.3. The molecule has 0 fully saturated rings. The Morgan fingerprint density at radius 3 is 2.44 bits per heavy atom. The number of nitrogens with zero attached hydrogens (tertiary/aromatic N) is 4. The molecule has 4 aromatic heterocycles. The molecule has 5 rings (SSSR count). The number of aromatic amines is 1. The molecule has 0 spiro atoms. The van der Waals surface area contributed by atoms with E-state index in [0.717, 1.165) is 50.7 Å². The van der Waals surface area contributed by atoms with E-state index >= 15 is 0 Å². The predicted octanol–water partition coefficient (Wildman–Crippen LogP) is 5.02. The lowest BCUT2D eigenvalue weighted by Gasteiger charge is -2.08. The number of nitrogen functional groups attached to an aromatic ring is 1. The maximum absolute atomic E-state index is 13.7. The van der Waals surface area contributed by atoms with Crippen molar-refractivity contribution in [3.63, 3.8) is 0 Å². The molecule has 0 unspecified atom stereocenters. The van der Waals surface area contributed by atoms with E-state index in [4.69, 9.17) is 10.5 Å². The first-order valence-electron chi connectivity index (χ1n) is 10.6. The number of halogens is 2. The number of pyridine rings is 2. The van der Waals surface area contributed by atoms with Gasteiger partial charge in [-0.15, -0.1) is 0 Å². The van der Waals surface area contributed by atoms with Crippen LogP contribution in [0.3, 0.4) is 0 Å². The molecular formula is C25H22F2N6O. The Bertz CT molecular complexity index is 1520. The molecule has 0 bridgehead atoms. The van der Waals surface area contributed by atoms with E-state index in [1.807, 2.05) is 32.2 Å². The fraction of sp³-hybridized carbons (Fsp3) is 0.160. The van der Waals surface area contributed by atoms with Gasteiger partial charge >= 0.3 is 0 Å². The van der Waals surface area contributed by atoms with Gasteiger partial charge in [0.05, 0.1) is 19.3 Å². The summed E-state index contributed by atoms with van der Waals surface area (Å²) in [6.07, 6.45) is 5.34. The van der Waals surface area contributed by atoms with Crippen LogP contribution >= 0.6 is 0 Å². The van der Waals surface area contributed by atoms with Gasteiger partial charge < -0.3 is 15.5 Å². The summed E-state index contributed by atoms with van der Waals surface area (Å²) in [5.41, 5.74) is 12.3. The summed E-state index contributed by atoms with van der Waals surface area (Å²) in [5.74, 6) is -0.408. The van der Waals surface area contributed by atoms with Crippen LogP contribution in [0.1, 0.15) is 17.0 Å². The normalized spacial score (nSPS) is 11.3. The van der Waals surface area contributed by atoms with Gasteiger partial charge in [0.1, 0.15) is 17.3 Å². The van der Waals surface area contributed by atoms with Crippen molar-refractivity contribution in [1.82, 2.24) is 24.7 Å². The van der Waals surface area contributed by atoms with Crippen LogP contribution in [0.25, 0.3) is 33.3 Å². The van der Waals surface area contributed by atoms with Gasteiger partial charge in [-0.2, -0.15) is 5.10 Å². The van der Waals surface area contributed by atoms with E-state index in [9.17, 15) is 8.78 Å². The number of nitrogens with two attached hydrogens (primary N) is 1. The van der Waals surface area contributed by atoms with Gasteiger partial charge in [-0.25, -0.2) is 18.7 Å². The fourth-order valence-corrected chi connectivity index (χ4v) is 4.26. The number of rotatable bonds is 5. The quantitative estimate of drug-likeness (QED) is 0.384. The number of benzene rings is 1. The molecule has 7 nitrogen and oxygen atoms in total. The average Bonchev–Trinajstić information content (AvgIpc) is 3.32. The van der Waals surface area contributed by atoms with Crippen LogP contribution in [0.15, 0.2) is 48.9 Å². The summed E-state index contributed by atoms with van der Waals surface area (Å²) in [7, 11) is 1.55. The van der Waals surface area contributed by atoms with E-state index in [1.54, 1.807) is 24.2 Å². The first kappa shape index (κ1) is 21.6. The third kappa shape index (κ3) is 3.75. The van der Waals surface area contributed by atoms with Crippen LogP contribution in [0.5, 0.6) is 5.75 Å². The van der Waals surface area contributed by atoms with Crippen molar-refractivity contribution >= 4 is 16.9 Å². The van der Waals surface area contributed by atoms with Gasteiger partial charge in [0, 0.05) is 58.0 Å². The van der Waals surface area contributed by atoms with Crippen LogP contribution in [0.2, 0.25) is 0 Å². The van der Waals surface area contributed by atoms with Crippen LogP contribution < -0.4 is 10.5 Å². The van der Waals surface area contributed by atoms with Gasteiger partial charge in [-0.05, 0) is 43.7 Å². The summed E-state index contributed by atoms with van der Waals surface area (Å²) in [6, 6.07) is 7.34. The molecule has 9 heteroatoms. The first-order valence-corrected chi connectivity index (χ1v) is 10.6. The minimum absolute atomic E-state index is 0.254. The molecule has 4 heterocycles. The van der Waals surface area contributed by atoms with Gasteiger partial charge in [-0.1, -0.05) is 0 Å². The number of nitrogens with one attached hydrogen (secondary N) is 1. The summed E-state index contributed by atoms with van der Waals surface area (Å²) >= 11 is 0. The predicted molar refractivity (Wildman–Crippen MR) is 126 cm³/mol. The zero-order valence-corrected chi connectivity index (χ0v) is 18.9. The Balaban J connectivity index is 1.58. The maximum atomic E-state index is 13.7. The number of hydrogen-bond donors (Lipinski definition) is 2. The highest BCUT2D eigenvalue weighted by Crippen LogP contribution is 2.35. The molecule has 0 aliphatic rings.